The zero-order valence-corrected chi connectivity index (χ0v) is 16.5. The van der Waals surface area contributed by atoms with Crippen molar-refractivity contribution in [3.05, 3.63) is 71.8 Å². The van der Waals surface area contributed by atoms with Gasteiger partial charge in [-0.2, -0.15) is 0 Å². The fraction of sp³-hybridized carbons (Fsp3) is 0.261. The quantitative estimate of drug-likeness (QED) is 0.615. The maximum absolute atomic E-state index is 12.9. The van der Waals surface area contributed by atoms with Gasteiger partial charge in [0.1, 0.15) is 11.5 Å². The zero-order valence-electron chi connectivity index (χ0n) is 16.5. The van der Waals surface area contributed by atoms with E-state index in [0.717, 1.165) is 23.0 Å². The van der Waals surface area contributed by atoms with E-state index in [9.17, 15) is 14.0 Å². The number of nitrogens with zero attached hydrogens (tertiary/aromatic N) is 2. The SMILES string of the molecule is O=C(NCCCC(=O)N1CC=C(c2c[nH]c3ncccc23)CC1)c1ccc(F)cc1. The third-order valence-corrected chi connectivity index (χ3v) is 5.32. The molecule has 0 saturated carbocycles. The van der Waals surface area contributed by atoms with Gasteiger partial charge in [0.05, 0.1) is 0 Å². The molecule has 1 aliphatic rings. The molecule has 0 radical (unpaired) electrons. The molecule has 30 heavy (non-hydrogen) atoms. The van der Waals surface area contributed by atoms with Crippen molar-refractivity contribution in [1.29, 1.82) is 0 Å². The van der Waals surface area contributed by atoms with Crippen molar-refractivity contribution < 1.29 is 14.0 Å². The first kappa shape index (κ1) is 19.8. The van der Waals surface area contributed by atoms with Crippen LogP contribution in [0.5, 0.6) is 0 Å². The first-order chi connectivity index (χ1) is 14.6. The highest BCUT2D eigenvalue weighted by atomic mass is 19.1. The highest BCUT2D eigenvalue weighted by Crippen LogP contribution is 2.28. The van der Waals surface area contributed by atoms with Gasteiger partial charge < -0.3 is 15.2 Å². The van der Waals surface area contributed by atoms with Gasteiger partial charge in [0.2, 0.25) is 5.91 Å². The first-order valence-corrected chi connectivity index (χ1v) is 10.0. The van der Waals surface area contributed by atoms with Gasteiger partial charge in [0.15, 0.2) is 0 Å². The number of aromatic nitrogens is 2. The number of aromatic amines is 1. The molecule has 7 heteroatoms. The van der Waals surface area contributed by atoms with Gasteiger partial charge in [-0.25, -0.2) is 9.37 Å². The van der Waals surface area contributed by atoms with Gasteiger partial charge in [-0.15, -0.1) is 0 Å². The molecule has 154 valence electrons. The minimum Gasteiger partial charge on any atom is -0.352 e. The summed E-state index contributed by atoms with van der Waals surface area (Å²) in [5.41, 5.74) is 3.65. The van der Waals surface area contributed by atoms with E-state index in [-0.39, 0.29) is 17.6 Å². The Balaban J connectivity index is 1.24. The molecule has 0 atom stereocenters. The van der Waals surface area contributed by atoms with Crippen LogP contribution in [0.15, 0.2) is 54.9 Å². The Kier molecular flexibility index (Phi) is 5.88. The van der Waals surface area contributed by atoms with Crippen LogP contribution in [0.4, 0.5) is 4.39 Å². The van der Waals surface area contributed by atoms with Crippen molar-refractivity contribution in [2.24, 2.45) is 0 Å². The third-order valence-electron chi connectivity index (χ3n) is 5.32. The number of hydrogen-bond acceptors (Lipinski definition) is 3. The Labute approximate surface area is 173 Å². The Bertz CT molecular complexity index is 1090. The number of rotatable bonds is 6. The number of fused-ring (bicyclic) bond motifs is 1. The number of amides is 2. The summed E-state index contributed by atoms with van der Waals surface area (Å²) in [6.07, 6.45) is 7.59. The second-order valence-electron chi connectivity index (χ2n) is 7.29. The van der Waals surface area contributed by atoms with Crippen LogP contribution in [0.3, 0.4) is 0 Å². The van der Waals surface area contributed by atoms with Crippen molar-refractivity contribution >= 4 is 28.4 Å². The minimum atomic E-state index is -0.378. The lowest BCUT2D eigenvalue weighted by atomic mass is 9.99. The van der Waals surface area contributed by atoms with Crippen LogP contribution in [0.2, 0.25) is 0 Å². The predicted octanol–water partition coefficient (Wildman–Crippen LogP) is 3.53. The fourth-order valence-corrected chi connectivity index (χ4v) is 3.66. The van der Waals surface area contributed by atoms with Crippen molar-refractivity contribution in [1.82, 2.24) is 20.2 Å². The Hall–Kier alpha value is -3.48. The first-order valence-electron chi connectivity index (χ1n) is 10.0. The Morgan fingerprint density at radius 3 is 2.80 bits per heavy atom. The van der Waals surface area contributed by atoms with Crippen LogP contribution in [0, 0.1) is 5.82 Å². The summed E-state index contributed by atoms with van der Waals surface area (Å²) in [4.78, 5) is 33.8. The predicted molar refractivity (Wildman–Crippen MR) is 113 cm³/mol. The molecule has 0 bridgehead atoms. The molecule has 0 aliphatic carbocycles. The summed E-state index contributed by atoms with van der Waals surface area (Å²) in [5, 5.41) is 3.86. The fourth-order valence-electron chi connectivity index (χ4n) is 3.66. The molecule has 0 fully saturated rings. The second kappa shape index (κ2) is 8.90. The molecule has 3 aromatic rings. The van der Waals surface area contributed by atoms with Gasteiger partial charge in [-0.3, -0.25) is 9.59 Å². The van der Waals surface area contributed by atoms with Gasteiger partial charge in [0.25, 0.3) is 5.91 Å². The summed E-state index contributed by atoms with van der Waals surface area (Å²) in [7, 11) is 0. The molecule has 2 aromatic heterocycles. The monoisotopic (exact) mass is 406 g/mol. The molecule has 0 spiro atoms. The average Bonchev–Trinajstić information content (AvgIpc) is 3.21. The van der Waals surface area contributed by atoms with Crippen molar-refractivity contribution in [3.8, 4) is 0 Å². The highest BCUT2D eigenvalue weighted by molar-refractivity contribution is 5.94. The highest BCUT2D eigenvalue weighted by Gasteiger charge is 2.19. The van der Waals surface area contributed by atoms with Crippen molar-refractivity contribution in [2.45, 2.75) is 19.3 Å². The standard InChI is InChI=1S/C23H23FN4O2/c24-18-7-5-17(6-8-18)23(30)26-12-2-4-21(29)28-13-9-16(10-14-28)20-15-27-22-19(20)3-1-11-25-22/h1,3,5-9,11,15H,2,4,10,12-14H2,(H,25,27)(H,26,30). The van der Waals surface area contributed by atoms with Gasteiger partial charge in [-0.05, 0) is 54.8 Å². The second-order valence-corrected chi connectivity index (χ2v) is 7.29. The normalized spacial score (nSPS) is 13.9. The number of benzene rings is 1. The smallest absolute Gasteiger partial charge is 0.251 e. The lowest BCUT2D eigenvalue weighted by Gasteiger charge is -2.26. The van der Waals surface area contributed by atoms with E-state index in [1.54, 1.807) is 6.20 Å². The average molecular weight is 406 g/mol. The number of H-pyrrole nitrogens is 1. The Morgan fingerprint density at radius 2 is 2.03 bits per heavy atom. The third kappa shape index (κ3) is 4.40. The molecule has 0 unspecified atom stereocenters. The summed E-state index contributed by atoms with van der Waals surface area (Å²) in [6, 6.07) is 9.36. The molecule has 3 heterocycles. The van der Waals surface area contributed by atoms with Crippen molar-refractivity contribution in [3.63, 3.8) is 0 Å². The number of pyridine rings is 1. The van der Waals surface area contributed by atoms with E-state index in [1.807, 2.05) is 23.2 Å². The van der Waals surface area contributed by atoms with Crippen LogP contribution < -0.4 is 5.32 Å². The Morgan fingerprint density at radius 1 is 1.20 bits per heavy atom. The molecule has 2 N–H and O–H groups in total. The van der Waals surface area contributed by atoms with E-state index in [0.29, 0.717) is 38.0 Å². The molecule has 1 aromatic carbocycles. The molecule has 6 nitrogen and oxygen atoms in total. The summed E-state index contributed by atoms with van der Waals surface area (Å²) in [5.74, 6) is -0.555. The van der Waals surface area contributed by atoms with Gasteiger partial charge in [0, 0.05) is 55.0 Å². The number of hydrogen-bond donors (Lipinski definition) is 2. The number of carbonyl (C=O) groups excluding carboxylic acids is 2. The maximum Gasteiger partial charge on any atom is 0.251 e. The maximum atomic E-state index is 12.9. The van der Waals surface area contributed by atoms with E-state index in [4.69, 9.17) is 0 Å². The van der Waals surface area contributed by atoms with E-state index >= 15 is 0 Å². The van der Waals surface area contributed by atoms with Crippen molar-refractivity contribution in [2.75, 3.05) is 19.6 Å². The van der Waals surface area contributed by atoms with E-state index in [1.165, 1.54) is 29.8 Å². The largest absolute Gasteiger partial charge is 0.352 e. The van der Waals surface area contributed by atoms with Crippen LogP contribution in [-0.4, -0.2) is 46.3 Å². The number of halogens is 1. The lowest BCUT2D eigenvalue weighted by Crippen LogP contribution is -2.35. The van der Waals surface area contributed by atoms with Gasteiger partial charge >= 0.3 is 0 Å². The van der Waals surface area contributed by atoms with Crippen LogP contribution in [-0.2, 0) is 4.79 Å². The summed E-state index contributed by atoms with van der Waals surface area (Å²) >= 11 is 0. The van der Waals surface area contributed by atoms with E-state index in [2.05, 4.69) is 21.4 Å². The van der Waals surface area contributed by atoms with Gasteiger partial charge in [-0.1, -0.05) is 6.08 Å². The van der Waals surface area contributed by atoms with Crippen LogP contribution >= 0.6 is 0 Å². The molecular formula is C23H23FN4O2. The minimum absolute atomic E-state index is 0.0851. The lowest BCUT2D eigenvalue weighted by molar-refractivity contribution is -0.130. The summed E-state index contributed by atoms with van der Waals surface area (Å²) < 4.78 is 12.9. The molecular weight excluding hydrogens is 383 g/mol. The molecule has 4 rings (SSSR count). The number of nitrogens with one attached hydrogen (secondary N) is 2. The molecule has 0 saturated heterocycles. The number of carbonyl (C=O) groups is 2. The molecule has 1 aliphatic heterocycles. The summed E-state index contributed by atoms with van der Waals surface area (Å²) in [6.45, 7) is 1.67. The van der Waals surface area contributed by atoms with Crippen LogP contribution in [0.1, 0.15) is 35.2 Å². The topological polar surface area (TPSA) is 78.1 Å². The van der Waals surface area contributed by atoms with Crippen LogP contribution in [0.25, 0.3) is 16.6 Å². The zero-order chi connectivity index (χ0) is 20.9. The van der Waals surface area contributed by atoms with E-state index < -0.39 is 0 Å². The molecule has 2 amide bonds.